The molecule has 1 aromatic rings. The summed E-state index contributed by atoms with van der Waals surface area (Å²) in [5.74, 6) is 0.553. The Morgan fingerprint density at radius 3 is 2.53 bits per heavy atom. The summed E-state index contributed by atoms with van der Waals surface area (Å²) in [6, 6.07) is 6.20. The molecule has 0 unspecified atom stereocenters. The van der Waals surface area contributed by atoms with Crippen LogP contribution >= 0.6 is 0 Å². The number of carbonyl (C=O) groups excluding carboxylic acids is 1. The van der Waals surface area contributed by atoms with Crippen molar-refractivity contribution in [3.8, 4) is 0 Å². The Labute approximate surface area is 90.9 Å². The maximum Gasteiger partial charge on any atom is 0.229 e. The Hall–Kier alpha value is -1.31. The Kier molecular flexibility index (Phi) is 2.51. The van der Waals surface area contributed by atoms with Crippen molar-refractivity contribution in [3.63, 3.8) is 0 Å². The molecular weight excluding hydrogens is 186 g/mol. The van der Waals surface area contributed by atoms with Gasteiger partial charge >= 0.3 is 0 Å². The van der Waals surface area contributed by atoms with Gasteiger partial charge in [0.2, 0.25) is 5.91 Å². The van der Waals surface area contributed by atoms with Gasteiger partial charge in [-0.2, -0.15) is 0 Å². The minimum atomic E-state index is 0.266. The number of hydrogen-bond acceptors (Lipinski definition) is 1. The topological polar surface area (TPSA) is 20.3 Å². The number of aryl methyl sites for hydroxylation is 2. The van der Waals surface area contributed by atoms with Gasteiger partial charge in [-0.15, -0.1) is 0 Å². The fraction of sp³-hybridized carbons (Fsp3) is 0.462. The molecule has 0 N–H and O–H groups in total. The molecule has 1 fully saturated rings. The van der Waals surface area contributed by atoms with E-state index in [1.807, 2.05) is 13.1 Å². The van der Waals surface area contributed by atoms with E-state index >= 15 is 0 Å². The average Bonchev–Trinajstić information content (AvgIpc) is 2.99. The van der Waals surface area contributed by atoms with Gasteiger partial charge in [-0.3, -0.25) is 4.79 Å². The summed E-state index contributed by atoms with van der Waals surface area (Å²) in [6.45, 7) is 4.12. The molecule has 2 rings (SSSR count). The van der Waals surface area contributed by atoms with Gasteiger partial charge in [0.05, 0.1) is 0 Å². The van der Waals surface area contributed by atoms with Crippen LogP contribution in [0.1, 0.15) is 24.0 Å². The van der Waals surface area contributed by atoms with Gasteiger partial charge in [-0.05, 0) is 38.3 Å². The van der Waals surface area contributed by atoms with Crippen LogP contribution in [0.15, 0.2) is 18.2 Å². The monoisotopic (exact) mass is 203 g/mol. The van der Waals surface area contributed by atoms with Gasteiger partial charge < -0.3 is 4.90 Å². The third kappa shape index (κ3) is 2.04. The molecule has 1 saturated carbocycles. The highest BCUT2D eigenvalue weighted by Crippen LogP contribution is 2.33. The lowest BCUT2D eigenvalue weighted by Gasteiger charge is -2.19. The first-order valence-corrected chi connectivity index (χ1v) is 5.44. The summed E-state index contributed by atoms with van der Waals surface area (Å²) >= 11 is 0. The summed E-state index contributed by atoms with van der Waals surface area (Å²) in [4.78, 5) is 13.7. The molecule has 15 heavy (non-hydrogen) atoms. The van der Waals surface area contributed by atoms with Crippen molar-refractivity contribution in [2.45, 2.75) is 26.7 Å². The van der Waals surface area contributed by atoms with Gasteiger partial charge in [0.15, 0.2) is 0 Å². The molecule has 0 radical (unpaired) electrons. The first kappa shape index (κ1) is 10.2. The Morgan fingerprint density at radius 2 is 2.00 bits per heavy atom. The van der Waals surface area contributed by atoms with Crippen LogP contribution in [0.4, 0.5) is 5.69 Å². The molecule has 2 nitrogen and oxygen atoms in total. The van der Waals surface area contributed by atoms with Gasteiger partial charge in [0.25, 0.3) is 0 Å². The molecule has 80 valence electrons. The van der Waals surface area contributed by atoms with Gasteiger partial charge in [-0.25, -0.2) is 0 Å². The van der Waals surface area contributed by atoms with E-state index in [0.29, 0.717) is 0 Å². The Balaban J connectivity index is 2.24. The normalized spacial score (nSPS) is 15.1. The molecule has 1 aliphatic carbocycles. The smallest absolute Gasteiger partial charge is 0.229 e. The van der Waals surface area contributed by atoms with Crippen LogP contribution < -0.4 is 4.90 Å². The highest BCUT2D eigenvalue weighted by atomic mass is 16.2. The van der Waals surface area contributed by atoms with Gasteiger partial charge in [0, 0.05) is 18.7 Å². The molecule has 0 heterocycles. The highest BCUT2D eigenvalue weighted by molar-refractivity contribution is 5.96. The largest absolute Gasteiger partial charge is 0.315 e. The van der Waals surface area contributed by atoms with E-state index < -0.39 is 0 Å². The second-order valence-corrected chi connectivity index (χ2v) is 4.46. The number of amides is 1. The summed E-state index contributed by atoms with van der Waals surface area (Å²) in [5.41, 5.74) is 3.45. The van der Waals surface area contributed by atoms with Gasteiger partial charge in [0.1, 0.15) is 0 Å². The zero-order valence-corrected chi connectivity index (χ0v) is 9.58. The predicted octanol–water partition coefficient (Wildman–Crippen LogP) is 2.68. The molecule has 0 spiro atoms. The van der Waals surface area contributed by atoms with Crippen molar-refractivity contribution in [3.05, 3.63) is 29.3 Å². The lowest BCUT2D eigenvalue weighted by atomic mass is 10.1. The van der Waals surface area contributed by atoms with E-state index in [2.05, 4.69) is 26.0 Å². The second kappa shape index (κ2) is 3.69. The maximum absolute atomic E-state index is 11.9. The van der Waals surface area contributed by atoms with Crippen molar-refractivity contribution in [2.75, 3.05) is 11.9 Å². The average molecular weight is 203 g/mol. The molecule has 1 aromatic carbocycles. The van der Waals surface area contributed by atoms with Crippen molar-refractivity contribution in [2.24, 2.45) is 5.92 Å². The van der Waals surface area contributed by atoms with Crippen molar-refractivity contribution in [1.82, 2.24) is 0 Å². The summed E-state index contributed by atoms with van der Waals surface area (Å²) in [6.07, 6.45) is 2.13. The quantitative estimate of drug-likeness (QED) is 0.723. The number of hydrogen-bond donors (Lipinski definition) is 0. The van der Waals surface area contributed by atoms with Crippen molar-refractivity contribution < 1.29 is 4.79 Å². The van der Waals surface area contributed by atoms with E-state index in [4.69, 9.17) is 0 Å². The second-order valence-electron chi connectivity index (χ2n) is 4.46. The third-order valence-corrected chi connectivity index (χ3v) is 2.97. The van der Waals surface area contributed by atoms with E-state index in [0.717, 1.165) is 18.5 Å². The number of rotatable bonds is 2. The lowest BCUT2D eigenvalue weighted by Crippen LogP contribution is -2.28. The SMILES string of the molecule is Cc1ccc(N(C)C(=O)C2CC2)c(C)c1. The van der Waals surface area contributed by atoms with Crippen molar-refractivity contribution in [1.29, 1.82) is 0 Å². The van der Waals surface area contributed by atoms with E-state index in [1.165, 1.54) is 11.1 Å². The van der Waals surface area contributed by atoms with Crippen LogP contribution in [0, 0.1) is 19.8 Å². The number of carbonyl (C=O) groups is 1. The molecule has 0 saturated heterocycles. The Morgan fingerprint density at radius 1 is 1.33 bits per heavy atom. The molecule has 0 aliphatic heterocycles. The summed E-state index contributed by atoms with van der Waals surface area (Å²) in [7, 11) is 1.87. The zero-order valence-electron chi connectivity index (χ0n) is 9.58. The fourth-order valence-corrected chi connectivity index (χ4v) is 1.90. The number of anilines is 1. The zero-order chi connectivity index (χ0) is 11.0. The van der Waals surface area contributed by atoms with Crippen LogP contribution in [0.25, 0.3) is 0 Å². The minimum absolute atomic E-state index is 0.266. The first-order chi connectivity index (χ1) is 7.09. The van der Waals surface area contributed by atoms with E-state index in [1.54, 1.807) is 4.90 Å². The molecule has 1 amide bonds. The highest BCUT2D eigenvalue weighted by Gasteiger charge is 2.32. The summed E-state index contributed by atoms with van der Waals surface area (Å²) < 4.78 is 0. The van der Waals surface area contributed by atoms with Crippen LogP contribution in [-0.2, 0) is 4.79 Å². The standard InChI is InChI=1S/C13H17NO/c1-9-4-7-12(10(2)8-9)14(3)13(15)11-5-6-11/h4,7-8,11H,5-6H2,1-3H3. The minimum Gasteiger partial charge on any atom is -0.315 e. The van der Waals surface area contributed by atoms with Crippen molar-refractivity contribution >= 4 is 11.6 Å². The molecule has 0 aromatic heterocycles. The summed E-state index contributed by atoms with van der Waals surface area (Å²) in [5, 5.41) is 0. The van der Waals surface area contributed by atoms with Crippen LogP contribution in [0.3, 0.4) is 0 Å². The van der Waals surface area contributed by atoms with E-state index in [-0.39, 0.29) is 11.8 Å². The van der Waals surface area contributed by atoms with Crippen LogP contribution in [0.2, 0.25) is 0 Å². The fourth-order valence-electron chi connectivity index (χ4n) is 1.90. The molecule has 0 atom stereocenters. The molecule has 2 heteroatoms. The van der Waals surface area contributed by atoms with Crippen LogP contribution in [-0.4, -0.2) is 13.0 Å². The number of nitrogens with zero attached hydrogens (tertiary/aromatic N) is 1. The van der Waals surface area contributed by atoms with Gasteiger partial charge in [-0.1, -0.05) is 17.7 Å². The number of benzene rings is 1. The lowest BCUT2D eigenvalue weighted by molar-refractivity contribution is -0.119. The van der Waals surface area contributed by atoms with Crippen LogP contribution in [0.5, 0.6) is 0 Å². The molecule has 0 bridgehead atoms. The van der Waals surface area contributed by atoms with E-state index in [9.17, 15) is 4.79 Å². The predicted molar refractivity (Wildman–Crippen MR) is 62.1 cm³/mol. The molecular formula is C13H17NO. The maximum atomic E-state index is 11.9. The third-order valence-electron chi connectivity index (χ3n) is 2.97. The Bertz CT molecular complexity index is 394. The first-order valence-electron chi connectivity index (χ1n) is 5.44. The molecule has 1 aliphatic rings.